The normalized spacial score (nSPS) is 20.5. The van der Waals surface area contributed by atoms with Crippen LogP contribution in [0.1, 0.15) is 44.7 Å². The summed E-state index contributed by atoms with van der Waals surface area (Å²) in [7, 11) is 0. The Morgan fingerprint density at radius 2 is 1.90 bits per heavy atom. The quantitative estimate of drug-likeness (QED) is 0.480. The number of rotatable bonds is 1. The van der Waals surface area contributed by atoms with Gasteiger partial charge in [0, 0.05) is 18.1 Å². The second-order valence-electron chi connectivity index (χ2n) is 5.65. The molecule has 21 heavy (non-hydrogen) atoms. The molecule has 0 atom stereocenters. The molecule has 0 aromatic heterocycles. The van der Waals surface area contributed by atoms with Crippen molar-refractivity contribution >= 4 is 5.97 Å². The Labute approximate surface area is 125 Å². The minimum absolute atomic E-state index is 0.264. The van der Waals surface area contributed by atoms with Gasteiger partial charge in [0.15, 0.2) is 0 Å². The van der Waals surface area contributed by atoms with Crippen LogP contribution in [0.4, 0.5) is 0 Å². The zero-order valence-electron chi connectivity index (χ0n) is 12.9. The minimum atomic E-state index is -0.340. The molecule has 0 saturated heterocycles. The maximum atomic E-state index is 11.3. The Hall–Kier alpha value is -2.03. The molecule has 0 saturated carbocycles. The second kappa shape index (κ2) is 6.61. The van der Waals surface area contributed by atoms with Gasteiger partial charge in [-0.25, -0.2) is 0 Å². The van der Waals surface area contributed by atoms with Crippen LogP contribution in [0.3, 0.4) is 0 Å². The third-order valence-corrected chi connectivity index (χ3v) is 3.76. The number of phenols is 1. The summed E-state index contributed by atoms with van der Waals surface area (Å²) in [6.45, 7) is 5.58. The summed E-state index contributed by atoms with van der Waals surface area (Å²) in [5.41, 5.74) is 4.29. The fraction of sp³-hybridized carbons (Fsp3) is 0.389. The molecular weight excluding hydrogens is 264 g/mol. The number of ether oxygens (including phenoxy) is 1. The van der Waals surface area contributed by atoms with Gasteiger partial charge >= 0.3 is 5.97 Å². The number of hydrogen-bond donors (Lipinski definition) is 1. The van der Waals surface area contributed by atoms with Gasteiger partial charge in [-0.2, -0.15) is 0 Å². The van der Waals surface area contributed by atoms with Crippen molar-refractivity contribution in [3.63, 3.8) is 0 Å². The van der Waals surface area contributed by atoms with E-state index in [9.17, 15) is 9.90 Å². The molecule has 0 aliphatic heterocycles. The molecule has 0 unspecified atom stereocenters. The van der Waals surface area contributed by atoms with E-state index in [4.69, 9.17) is 4.74 Å². The number of esters is 1. The van der Waals surface area contributed by atoms with Crippen LogP contribution in [0.15, 0.2) is 35.4 Å². The van der Waals surface area contributed by atoms with E-state index in [-0.39, 0.29) is 11.7 Å². The van der Waals surface area contributed by atoms with Gasteiger partial charge in [-0.1, -0.05) is 23.3 Å². The van der Waals surface area contributed by atoms with Gasteiger partial charge < -0.3 is 9.84 Å². The van der Waals surface area contributed by atoms with E-state index in [2.05, 4.69) is 26.0 Å². The van der Waals surface area contributed by atoms with E-state index in [0.717, 1.165) is 24.0 Å². The van der Waals surface area contributed by atoms with E-state index in [0.29, 0.717) is 18.6 Å². The average molecular weight is 286 g/mol. The minimum Gasteiger partial charge on any atom is -0.508 e. The van der Waals surface area contributed by atoms with Crippen LogP contribution in [0, 0.1) is 0 Å². The molecule has 0 heterocycles. The van der Waals surface area contributed by atoms with Crippen LogP contribution < -0.4 is 4.74 Å². The van der Waals surface area contributed by atoms with Crippen LogP contribution in [0.5, 0.6) is 11.5 Å². The molecule has 0 fully saturated rings. The van der Waals surface area contributed by atoms with Crippen molar-refractivity contribution in [2.75, 3.05) is 0 Å². The lowest BCUT2D eigenvalue weighted by atomic mass is 9.93. The van der Waals surface area contributed by atoms with Crippen LogP contribution >= 0.6 is 0 Å². The molecule has 1 aromatic carbocycles. The maximum Gasteiger partial charge on any atom is 0.308 e. The summed E-state index contributed by atoms with van der Waals surface area (Å²) in [5, 5.41) is 10.2. The van der Waals surface area contributed by atoms with Gasteiger partial charge in [0.25, 0.3) is 0 Å². The Balaban J connectivity index is 2.54. The summed E-state index contributed by atoms with van der Waals surface area (Å²) in [6.07, 6.45) is 7.78. The smallest absolute Gasteiger partial charge is 0.308 e. The highest BCUT2D eigenvalue weighted by Gasteiger charge is 2.16. The first-order valence-corrected chi connectivity index (χ1v) is 7.30. The number of phenolic OH excluding ortho intramolecular Hbond substituents is 1. The van der Waals surface area contributed by atoms with Crippen molar-refractivity contribution in [1.29, 1.82) is 0 Å². The maximum absolute atomic E-state index is 11.3. The Morgan fingerprint density at radius 1 is 1.14 bits per heavy atom. The summed E-state index contributed by atoms with van der Waals surface area (Å²) in [4.78, 5) is 11.3. The molecule has 1 aliphatic rings. The van der Waals surface area contributed by atoms with Gasteiger partial charge in [0.1, 0.15) is 11.5 Å². The van der Waals surface area contributed by atoms with E-state index >= 15 is 0 Å². The van der Waals surface area contributed by atoms with E-state index in [1.807, 2.05) is 0 Å². The largest absolute Gasteiger partial charge is 0.508 e. The van der Waals surface area contributed by atoms with Gasteiger partial charge in [-0.05, 0) is 51.7 Å². The number of aromatic hydroxyl groups is 1. The molecule has 1 N–H and O–H groups in total. The number of hydrogen-bond acceptors (Lipinski definition) is 3. The van der Waals surface area contributed by atoms with Crippen LogP contribution in [-0.4, -0.2) is 11.1 Å². The van der Waals surface area contributed by atoms with Gasteiger partial charge in [-0.3, -0.25) is 4.79 Å². The molecule has 0 spiro atoms. The predicted octanol–water partition coefficient (Wildman–Crippen LogP) is 4.09. The summed E-state index contributed by atoms with van der Waals surface area (Å²) in [6, 6.07) is 3.27. The molecule has 0 bridgehead atoms. The zero-order chi connectivity index (χ0) is 15.4. The first kappa shape index (κ1) is 15.4. The third-order valence-electron chi connectivity index (χ3n) is 3.76. The molecule has 2 rings (SSSR count). The predicted molar refractivity (Wildman–Crippen MR) is 83.6 cm³/mol. The highest BCUT2D eigenvalue weighted by molar-refractivity contribution is 5.70. The van der Waals surface area contributed by atoms with Gasteiger partial charge in [0.2, 0.25) is 0 Å². The Morgan fingerprint density at radius 3 is 2.62 bits per heavy atom. The van der Waals surface area contributed by atoms with Crippen molar-refractivity contribution in [2.24, 2.45) is 0 Å². The van der Waals surface area contributed by atoms with E-state index in [1.165, 1.54) is 18.1 Å². The van der Waals surface area contributed by atoms with Crippen molar-refractivity contribution in [2.45, 2.75) is 46.5 Å². The van der Waals surface area contributed by atoms with Gasteiger partial charge in [-0.15, -0.1) is 0 Å². The van der Waals surface area contributed by atoms with Gasteiger partial charge in [0.05, 0.1) is 0 Å². The van der Waals surface area contributed by atoms with E-state index < -0.39 is 0 Å². The monoisotopic (exact) mass is 286 g/mol. The summed E-state index contributed by atoms with van der Waals surface area (Å²) in [5.74, 6) is 0.473. The second-order valence-corrected chi connectivity index (χ2v) is 5.65. The Kier molecular flexibility index (Phi) is 4.84. The molecule has 3 heteroatoms. The first-order valence-electron chi connectivity index (χ1n) is 7.30. The zero-order valence-corrected chi connectivity index (χ0v) is 12.9. The molecule has 0 radical (unpaired) electrons. The fourth-order valence-electron chi connectivity index (χ4n) is 2.61. The van der Waals surface area contributed by atoms with Crippen LogP contribution in [-0.2, 0) is 17.6 Å². The lowest BCUT2D eigenvalue weighted by Gasteiger charge is -2.16. The summed E-state index contributed by atoms with van der Waals surface area (Å²) >= 11 is 0. The van der Waals surface area contributed by atoms with Crippen molar-refractivity contribution < 1.29 is 14.6 Å². The van der Waals surface area contributed by atoms with Crippen molar-refractivity contribution in [3.8, 4) is 11.5 Å². The standard InChI is InChI=1S/C18H22O3/c1-12-5-4-6-13(2)11-16-15(8-7-12)18(21-14(3)19)10-9-17(16)20/h6-7,9-10,20H,4-5,8,11H2,1-3H3/b12-7+,13-6-. The fourth-order valence-corrected chi connectivity index (χ4v) is 2.61. The van der Waals surface area contributed by atoms with E-state index in [1.54, 1.807) is 12.1 Å². The highest BCUT2D eigenvalue weighted by atomic mass is 16.5. The SMILES string of the molecule is CC(=O)Oc1ccc(O)c2c1C/C=C(\C)CC/C=C(/C)C2. The molecule has 3 nitrogen and oxygen atoms in total. The molecule has 0 amide bonds. The molecule has 1 aliphatic carbocycles. The summed E-state index contributed by atoms with van der Waals surface area (Å²) < 4.78 is 5.31. The molecular formula is C18H22O3. The number of fused-ring (bicyclic) bond motifs is 1. The Bertz CT molecular complexity index is 609. The number of benzene rings is 1. The van der Waals surface area contributed by atoms with Crippen LogP contribution in [0.2, 0.25) is 0 Å². The highest BCUT2D eigenvalue weighted by Crippen LogP contribution is 2.33. The van der Waals surface area contributed by atoms with Crippen LogP contribution in [0.25, 0.3) is 0 Å². The first-order chi connectivity index (χ1) is 9.97. The average Bonchev–Trinajstić information content (AvgIpc) is 2.41. The number of carbonyl (C=O) groups excluding carboxylic acids is 1. The topological polar surface area (TPSA) is 46.5 Å². The lowest BCUT2D eigenvalue weighted by Crippen LogP contribution is -2.07. The van der Waals surface area contributed by atoms with Crippen molar-refractivity contribution in [1.82, 2.24) is 0 Å². The molecule has 1 aromatic rings. The lowest BCUT2D eigenvalue weighted by molar-refractivity contribution is -0.131. The third kappa shape index (κ3) is 3.97. The molecule has 112 valence electrons. The number of carbonyl (C=O) groups is 1. The van der Waals surface area contributed by atoms with Crippen molar-refractivity contribution in [3.05, 3.63) is 46.6 Å². The number of allylic oxidation sites excluding steroid dienone is 4.